The lowest BCUT2D eigenvalue weighted by molar-refractivity contribution is -0.143. The highest BCUT2D eigenvalue weighted by Crippen LogP contribution is 2.37. The molecule has 1 aliphatic rings. The third-order valence-electron chi connectivity index (χ3n) is 5.04. The lowest BCUT2D eigenvalue weighted by atomic mass is 9.97. The van der Waals surface area contributed by atoms with Gasteiger partial charge in [0.25, 0.3) is 5.91 Å². The van der Waals surface area contributed by atoms with Gasteiger partial charge in [0, 0.05) is 25.1 Å². The minimum absolute atomic E-state index is 0.0115. The minimum Gasteiger partial charge on any atom is -0.339 e. The highest BCUT2D eigenvalue weighted by molar-refractivity contribution is 5.95. The van der Waals surface area contributed by atoms with Crippen molar-refractivity contribution in [2.75, 3.05) is 13.1 Å². The maximum Gasteiger partial charge on any atom is 0.416 e. The number of carbonyl (C=O) groups excluding carboxylic acids is 1. The van der Waals surface area contributed by atoms with E-state index in [1.807, 2.05) is 30.3 Å². The van der Waals surface area contributed by atoms with Crippen LogP contribution in [-0.4, -0.2) is 34.0 Å². The summed E-state index contributed by atoms with van der Waals surface area (Å²) in [7, 11) is 0. The third-order valence-corrected chi connectivity index (χ3v) is 5.04. The zero-order valence-electron chi connectivity index (χ0n) is 16.2. The summed E-state index contributed by atoms with van der Waals surface area (Å²) in [6.45, 7) is 0.0901. The molecule has 0 atom stereocenters. The molecular weight excluding hydrogens is 440 g/mol. The maximum atomic E-state index is 13.0. The molecule has 1 saturated heterocycles. The molecule has 2 aromatic carbocycles. The first kappa shape index (κ1) is 21.8. The van der Waals surface area contributed by atoms with Crippen LogP contribution >= 0.6 is 0 Å². The van der Waals surface area contributed by atoms with E-state index < -0.39 is 35.0 Å². The van der Waals surface area contributed by atoms with Crippen molar-refractivity contribution in [3.05, 3.63) is 82.5 Å². The van der Waals surface area contributed by atoms with Crippen LogP contribution in [0.4, 0.5) is 26.3 Å². The Bertz CT molecular complexity index is 1090. The summed E-state index contributed by atoms with van der Waals surface area (Å²) in [5.41, 5.74) is -2.78. The molecule has 1 amide bonds. The van der Waals surface area contributed by atoms with Crippen LogP contribution in [0.3, 0.4) is 0 Å². The Hall–Kier alpha value is -3.37. The number of hydrogen-bond acceptors (Lipinski definition) is 4. The maximum absolute atomic E-state index is 13.0. The largest absolute Gasteiger partial charge is 0.416 e. The number of aromatic nitrogens is 2. The Morgan fingerprint density at radius 3 is 2.12 bits per heavy atom. The normalized spacial score (nSPS) is 15.0. The second kappa shape index (κ2) is 7.95. The van der Waals surface area contributed by atoms with Crippen LogP contribution in [0.5, 0.6) is 0 Å². The number of halogens is 6. The molecule has 0 unspecified atom stereocenters. The summed E-state index contributed by atoms with van der Waals surface area (Å²) in [6, 6.07) is 10.2. The Balaban J connectivity index is 1.46. The van der Waals surface area contributed by atoms with E-state index in [4.69, 9.17) is 4.52 Å². The molecule has 168 valence electrons. The van der Waals surface area contributed by atoms with E-state index in [0.29, 0.717) is 24.4 Å². The van der Waals surface area contributed by atoms with Crippen molar-refractivity contribution in [1.29, 1.82) is 0 Å². The van der Waals surface area contributed by atoms with E-state index in [1.165, 1.54) is 0 Å². The van der Waals surface area contributed by atoms with Crippen molar-refractivity contribution >= 4 is 5.91 Å². The van der Waals surface area contributed by atoms with Crippen molar-refractivity contribution in [1.82, 2.24) is 15.0 Å². The van der Waals surface area contributed by atoms with Crippen molar-refractivity contribution in [3.63, 3.8) is 0 Å². The topological polar surface area (TPSA) is 59.2 Å². The zero-order valence-corrected chi connectivity index (χ0v) is 16.2. The highest BCUT2D eigenvalue weighted by Gasteiger charge is 2.40. The molecule has 1 aromatic heterocycles. The number of hydrogen-bond donors (Lipinski definition) is 0. The van der Waals surface area contributed by atoms with Gasteiger partial charge in [-0.25, -0.2) is 0 Å². The van der Waals surface area contributed by atoms with Gasteiger partial charge in [0.15, 0.2) is 5.82 Å². The summed E-state index contributed by atoms with van der Waals surface area (Å²) in [5, 5.41) is 3.88. The van der Waals surface area contributed by atoms with E-state index in [9.17, 15) is 31.1 Å². The number of alkyl halides is 6. The van der Waals surface area contributed by atoms with Gasteiger partial charge in [-0.2, -0.15) is 31.3 Å². The molecule has 1 aliphatic heterocycles. The first-order valence-electron chi connectivity index (χ1n) is 9.46. The quantitative estimate of drug-likeness (QED) is 0.523. The molecular formula is C21H15F6N3O2. The molecule has 5 nitrogen and oxygen atoms in total. The third kappa shape index (κ3) is 4.61. The molecule has 3 aromatic rings. The molecule has 0 spiro atoms. The summed E-state index contributed by atoms with van der Waals surface area (Å²) in [5.74, 6) is -0.575. The highest BCUT2D eigenvalue weighted by atomic mass is 19.4. The van der Waals surface area contributed by atoms with Crippen molar-refractivity contribution in [2.45, 2.75) is 24.7 Å². The van der Waals surface area contributed by atoms with Gasteiger partial charge in [-0.05, 0) is 23.8 Å². The van der Waals surface area contributed by atoms with Gasteiger partial charge in [-0.3, -0.25) is 4.79 Å². The average molecular weight is 455 g/mol. The van der Waals surface area contributed by atoms with Crippen LogP contribution in [-0.2, 0) is 18.8 Å². The van der Waals surface area contributed by atoms with Gasteiger partial charge < -0.3 is 9.42 Å². The predicted molar refractivity (Wildman–Crippen MR) is 98.6 cm³/mol. The number of benzene rings is 2. The Labute approximate surface area is 177 Å². The molecule has 4 rings (SSSR count). The van der Waals surface area contributed by atoms with Gasteiger partial charge in [-0.15, -0.1) is 0 Å². The number of rotatable bonds is 4. The van der Waals surface area contributed by atoms with Crippen molar-refractivity contribution in [2.24, 2.45) is 0 Å². The number of amides is 1. The number of likely N-dealkylation sites (tertiary alicyclic amines) is 1. The SMILES string of the molecule is O=C(c1cc(C(F)(F)F)cc(C(F)(F)F)c1)N1CC(c2nc(Cc3ccccc3)no2)C1. The fraction of sp³-hybridized carbons (Fsp3) is 0.286. The average Bonchev–Trinajstić information content (AvgIpc) is 3.13. The number of carbonyl (C=O) groups is 1. The Morgan fingerprint density at radius 2 is 1.56 bits per heavy atom. The van der Waals surface area contributed by atoms with Crippen LogP contribution in [0, 0.1) is 0 Å². The molecule has 0 saturated carbocycles. The van der Waals surface area contributed by atoms with Gasteiger partial charge in [0.05, 0.1) is 17.0 Å². The molecule has 2 heterocycles. The molecule has 0 N–H and O–H groups in total. The van der Waals surface area contributed by atoms with Crippen LogP contribution in [0.1, 0.15) is 44.7 Å². The van der Waals surface area contributed by atoms with Crippen molar-refractivity contribution in [3.8, 4) is 0 Å². The second-order valence-electron chi connectivity index (χ2n) is 7.41. The first-order chi connectivity index (χ1) is 15.0. The molecule has 0 radical (unpaired) electrons. The van der Waals surface area contributed by atoms with E-state index in [2.05, 4.69) is 10.1 Å². The molecule has 1 fully saturated rings. The fourth-order valence-corrected chi connectivity index (χ4v) is 3.35. The van der Waals surface area contributed by atoms with Gasteiger partial charge in [0.1, 0.15) is 0 Å². The molecule has 32 heavy (non-hydrogen) atoms. The van der Waals surface area contributed by atoms with E-state index in [0.717, 1.165) is 10.5 Å². The molecule has 11 heteroatoms. The smallest absolute Gasteiger partial charge is 0.339 e. The molecule has 0 aliphatic carbocycles. The van der Waals surface area contributed by atoms with Crippen LogP contribution in [0.15, 0.2) is 53.1 Å². The van der Waals surface area contributed by atoms with Crippen LogP contribution in [0.2, 0.25) is 0 Å². The first-order valence-corrected chi connectivity index (χ1v) is 9.46. The van der Waals surface area contributed by atoms with E-state index in [1.54, 1.807) is 0 Å². The lowest BCUT2D eigenvalue weighted by Gasteiger charge is -2.37. The summed E-state index contributed by atoms with van der Waals surface area (Å²) in [6.07, 6.45) is -9.61. The van der Waals surface area contributed by atoms with Gasteiger partial charge in [0.2, 0.25) is 5.89 Å². The van der Waals surface area contributed by atoms with Crippen LogP contribution < -0.4 is 0 Å². The summed E-state index contributed by atoms with van der Waals surface area (Å²) in [4.78, 5) is 17.9. The van der Waals surface area contributed by atoms with Crippen molar-refractivity contribution < 1.29 is 35.7 Å². The summed E-state index contributed by atoms with van der Waals surface area (Å²) >= 11 is 0. The van der Waals surface area contributed by atoms with Crippen LogP contribution in [0.25, 0.3) is 0 Å². The Kier molecular flexibility index (Phi) is 5.43. The van der Waals surface area contributed by atoms with E-state index in [-0.39, 0.29) is 31.0 Å². The number of nitrogens with zero attached hydrogens (tertiary/aromatic N) is 3. The fourth-order valence-electron chi connectivity index (χ4n) is 3.35. The summed E-state index contributed by atoms with van der Waals surface area (Å²) < 4.78 is 83.3. The predicted octanol–water partition coefficient (Wildman–Crippen LogP) is 4.94. The van der Waals surface area contributed by atoms with Gasteiger partial charge in [-0.1, -0.05) is 35.5 Å². The molecule has 0 bridgehead atoms. The monoisotopic (exact) mass is 455 g/mol. The van der Waals surface area contributed by atoms with Gasteiger partial charge >= 0.3 is 12.4 Å². The lowest BCUT2D eigenvalue weighted by Crippen LogP contribution is -2.48. The standard InChI is InChI=1S/C21H15F6N3O2/c22-20(23,24)15-7-13(8-16(9-15)21(25,26)27)19(31)30-10-14(11-30)18-28-17(29-32-18)6-12-4-2-1-3-5-12/h1-5,7-9,14H,6,10-11H2. The van der Waals surface area contributed by atoms with E-state index >= 15 is 0 Å². The zero-order chi connectivity index (χ0) is 23.1. The Morgan fingerprint density at radius 1 is 0.969 bits per heavy atom. The second-order valence-corrected chi connectivity index (χ2v) is 7.41. The minimum atomic E-state index is -5.02.